The van der Waals surface area contributed by atoms with Crippen LogP contribution in [0.1, 0.15) is 48.0 Å². The van der Waals surface area contributed by atoms with Crippen molar-refractivity contribution in [3.05, 3.63) is 29.3 Å². The van der Waals surface area contributed by atoms with Gasteiger partial charge in [0, 0.05) is 11.6 Å². The molecule has 0 spiro atoms. The zero-order valence-electron chi connectivity index (χ0n) is 11.2. The molecule has 1 aromatic rings. The molecule has 0 aromatic heterocycles. The Morgan fingerprint density at radius 3 is 2.61 bits per heavy atom. The van der Waals surface area contributed by atoms with Crippen LogP contribution < -0.4 is 10.1 Å². The number of amides is 1. The molecule has 0 unspecified atom stereocenters. The summed E-state index contributed by atoms with van der Waals surface area (Å²) in [6.07, 6.45) is 5.98. The summed E-state index contributed by atoms with van der Waals surface area (Å²) in [5.74, 6) is 0.837. The number of nitrogens with one attached hydrogen (secondary N) is 1. The van der Waals surface area contributed by atoms with Crippen molar-refractivity contribution in [1.82, 2.24) is 5.32 Å². The summed E-state index contributed by atoms with van der Waals surface area (Å²) >= 11 is 0. The van der Waals surface area contributed by atoms with Crippen LogP contribution in [0.25, 0.3) is 0 Å². The summed E-state index contributed by atoms with van der Waals surface area (Å²) in [6, 6.07) is 5.93. The molecular weight excluding hydrogens is 226 g/mol. The third-order valence-electron chi connectivity index (χ3n) is 3.62. The molecule has 98 valence electrons. The fourth-order valence-corrected chi connectivity index (χ4v) is 2.53. The van der Waals surface area contributed by atoms with Crippen LogP contribution in [0.5, 0.6) is 5.75 Å². The lowest BCUT2D eigenvalue weighted by Gasteiger charge is -2.23. The number of hydrogen-bond acceptors (Lipinski definition) is 2. The van der Waals surface area contributed by atoms with Gasteiger partial charge in [0.1, 0.15) is 5.75 Å². The highest BCUT2D eigenvalue weighted by Crippen LogP contribution is 2.20. The smallest absolute Gasteiger partial charge is 0.251 e. The maximum atomic E-state index is 12.2. The number of carbonyl (C=O) groups is 1. The number of methoxy groups -OCH3 is 1. The molecule has 18 heavy (non-hydrogen) atoms. The average Bonchev–Trinajstić information content (AvgIpc) is 2.39. The minimum Gasteiger partial charge on any atom is -0.497 e. The van der Waals surface area contributed by atoms with Crippen LogP contribution in [-0.2, 0) is 0 Å². The molecule has 0 saturated heterocycles. The fourth-order valence-electron chi connectivity index (χ4n) is 2.53. The quantitative estimate of drug-likeness (QED) is 0.891. The van der Waals surface area contributed by atoms with Gasteiger partial charge in [-0.2, -0.15) is 0 Å². The lowest BCUT2D eigenvalue weighted by molar-refractivity contribution is 0.0927. The number of benzene rings is 1. The minimum atomic E-state index is 0.0436. The number of ether oxygens (including phenoxy) is 1. The second-order valence-corrected chi connectivity index (χ2v) is 4.99. The van der Waals surface area contributed by atoms with E-state index < -0.39 is 0 Å². The van der Waals surface area contributed by atoms with Gasteiger partial charge in [-0.25, -0.2) is 0 Å². The lowest BCUT2D eigenvalue weighted by Crippen LogP contribution is -2.36. The Hall–Kier alpha value is -1.51. The lowest BCUT2D eigenvalue weighted by atomic mass is 9.95. The molecule has 1 aromatic carbocycles. The standard InChI is InChI=1S/C15H21NO2/c1-11-10-13(18-2)8-9-14(11)15(17)16-12-6-4-3-5-7-12/h8-10,12H,3-7H2,1-2H3,(H,16,17). The van der Waals surface area contributed by atoms with Gasteiger partial charge in [-0.15, -0.1) is 0 Å². The van der Waals surface area contributed by atoms with Crippen molar-refractivity contribution in [2.24, 2.45) is 0 Å². The van der Waals surface area contributed by atoms with Gasteiger partial charge in [0.15, 0.2) is 0 Å². The van der Waals surface area contributed by atoms with E-state index in [1.54, 1.807) is 7.11 Å². The molecule has 0 bridgehead atoms. The van der Waals surface area contributed by atoms with Gasteiger partial charge in [0.25, 0.3) is 5.91 Å². The first-order valence-corrected chi connectivity index (χ1v) is 6.66. The monoisotopic (exact) mass is 247 g/mol. The predicted molar refractivity (Wildman–Crippen MR) is 72.1 cm³/mol. The molecule has 1 N–H and O–H groups in total. The van der Waals surface area contributed by atoms with E-state index in [0.717, 1.165) is 29.7 Å². The van der Waals surface area contributed by atoms with Gasteiger partial charge in [0.05, 0.1) is 7.11 Å². The highest BCUT2D eigenvalue weighted by Gasteiger charge is 2.17. The van der Waals surface area contributed by atoms with Gasteiger partial charge in [-0.05, 0) is 43.5 Å². The Morgan fingerprint density at radius 1 is 1.28 bits per heavy atom. The molecule has 0 radical (unpaired) electrons. The van der Waals surface area contributed by atoms with Crippen molar-refractivity contribution < 1.29 is 9.53 Å². The zero-order valence-corrected chi connectivity index (χ0v) is 11.2. The summed E-state index contributed by atoms with van der Waals surface area (Å²) in [7, 11) is 1.64. The van der Waals surface area contributed by atoms with E-state index in [1.807, 2.05) is 25.1 Å². The van der Waals surface area contributed by atoms with Gasteiger partial charge < -0.3 is 10.1 Å². The van der Waals surface area contributed by atoms with Gasteiger partial charge in [-0.3, -0.25) is 4.79 Å². The molecule has 1 saturated carbocycles. The summed E-state index contributed by atoms with van der Waals surface area (Å²) in [5.41, 5.74) is 1.71. The Kier molecular flexibility index (Phi) is 4.24. The number of rotatable bonds is 3. The SMILES string of the molecule is COc1ccc(C(=O)NC2CCCCC2)c(C)c1. The Bertz CT molecular complexity index is 423. The fraction of sp³-hybridized carbons (Fsp3) is 0.533. The number of hydrogen-bond donors (Lipinski definition) is 1. The van der Waals surface area contributed by atoms with Crippen LogP contribution in [0.15, 0.2) is 18.2 Å². The molecule has 3 heteroatoms. The highest BCUT2D eigenvalue weighted by atomic mass is 16.5. The second-order valence-electron chi connectivity index (χ2n) is 4.99. The van der Waals surface area contributed by atoms with Crippen LogP contribution in [0.2, 0.25) is 0 Å². The third-order valence-corrected chi connectivity index (χ3v) is 3.62. The first kappa shape index (κ1) is 12.9. The molecule has 0 atom stereocenters. The van der Waals surface area contributed by atoms with E-state index in [4.69, 9.17) is 4.74 Å². The van der Waals surface area contributed by atoms with Crippen LogP contribution in [0, 0.1) is 6.92 Å². The number of carbonyl (C=O) groups excluding carboxylic acids is 1. The maximum absolute atomic E-state index is 12.2. The second kappa shape index (κ2) is 5.89. The van der Waals surface area contributed by atoms with Crippen molar-refractivity contribution >= 4 is 5.91 Å². The number of aryl methyl sites for hydroxylation is 1. The Labute approximate surface area is 109 Å². The van der Waals surface area contributed by atoms with Gasteiger partial charge in [-0.1, -0.05) is 19.3 Å². The molecule has 1 aliphatic carbocycles. The molecule has 3 nitrogen and oxygen atoms in total. The van der Waals surface area contributed by atoms with Crippen LogP contribution in [-0.4, -0.2) is 19.1 Å². The molecule has 2 rings (SSSR count). The van der Waals surface area contributed by atoms with Crippen molar-refractivity contribution in [2.75, 3.05) is 7.11 Å². The van der Waals surface area contributed by atoms with E-state index in [0.29, 0.717) is 6.04 Å². The van der Waals surface area contributed by atoms with Crippen molar-refractivity contribution in [1.29, 1.82) is 0 Å². The normalized spacial score (nSPS) is 16.3. The molecule has 1 amide bonds. The molecule has 0 aliphatic heterocycles. The van der Waals surface area contributed by atoms with Crippen molar-refractivity contribution in [3.8, 4) is 5.75 Å². The average molecular weight is 247 g/mol. The first-order chi connectivity index (χ1) is 8.70. The summed E-state index contributed by atoms with van der Waals surface area (Å²) in [4.78, 5) is 12.2. The van der Waals surface area contributed by atoms with Gasteiger partial charge >= 0.3 is 0 Å². The van der Waals surface area contributed by atoms with E-state index in [2.05, 4.69) is 5.32 Å². The van der Waals surface area contributed by atoms with Crippen molar-refractivity contribution in [2.45, 2.75) is 45.1 Å². The molecule has 1 fully saturated rings. The largest absolute Gasteiger partial charge is 0.497 e. The summed E-state index contributed by atoms with van der Waals surface area (Å²) in [5, 5.41) is 3.13. The van der Waals surface area contributed by atoms with E-state index in [9.17, 15) is 4.79 Å². The maximum Gasteiger partial charge on any atom is 0.251 e. The zero-order chi connectivity index (χ0) is 13.0. The van der Waals surface area contributed by atoms with E-state index in [1.165, 1.54) is 19.3 Å². The van der Waals surface area contributed by atoms with Crippen molar-refractivity contribution in [3.63, 3.8) is 0 Å². The minimum absolute atomic E-state index is 0.0436. The molecule has 0 heterocycles. The van der Waals surface area contributed by atoms with Crippen LogP contribution in [0.3, 0.4) is 0 Å². The van der Waals surface area contributed by atoms with E-state index >= 15 is 0 Å². The first-order valence-electron chi connectivity index (χ1n) is 6.66. The summed E-state index contributed by atoms with van der Waals surface area (Å²) < 4.78 is 5.15. The topological polar surface area (TPSA) is 38.3 Å². The van der Waals surface area contributed by atoms with Crippen LogP contribution >= 0.6 is 0 Å². The summed E-state index contributed by atoms with van der Waals surface area (Å²) in [6.45, 7) is 1.94. The molecular formula is C15H21NO2. The van der Waals surface area contributed by atoms with Gasteiger partial charge in [0.2, 0.25) is 0 Å². The Morgan fingerprint density at radius 2 is 2.00 bits per heavy atom. The van der Waals surface area contributed by atoms with E-state index in [-0.39, 0.29) is 5.91 Å². The van der Waals surface area contributed by atoms with Crippen LogP contribution in [0.4, 0.5) is 0 Å². The third kappa shape index (κ3) is 3.03. The Balaban J connectivity index is 2.03. The molecule has 1 aliphatic rings. The predicted octanol–water partition coefficient (Wildman–Crippen LogP) is 3.07. The highest BCUT2D eigenvalue weighted by molar-refractivity contribution is 5.96.